The summed E-state index contributed by atoms with van der Waals surface area (Å²) in [5, 5.41) is 9.48. The fourth-order valence-corrected chi connectivity index (χ4v) is 3.52. The van der Waals surface area contributed by atoms with Crippen molar-refractivity contribution in [1.82, 2.24) is 0 Å². The van der Waals surface area contributed by atoms with Crippen LogP contribution in [0.4, 0.5) is 0 Å². The van der Waals surface area contributed by atoms with Crippen molar-refractivity contribution >= 4 is 0 Å². The monoisotopic (exact) mass is 393 g/mol. The van der Waals surface area contributed by atoms with Crippen molar-refractivity contribution in [2.75, 3.05) is 27.4 Å². The molecule has 0 heterocycles. The average molecular weight is 393 g/mol. The molecule has 0 radical (unpaired) electrons. The zero-order valence-electron chi connectivity index (χ0n) is 16.7. The Morgan fingerprint density at radius 2 is 1.41 bits per heavy atom. The summed E-state index contributed by atoms with van der Waals surface area (Å²) < 4.78 is 17.9. The molecule has 0 aliphatic carbocycles. The number of methoxy groups -OCH3 is 2. The molecule has 152 valence electrons. The fourth-order valence-electron chi connectivity index (χ4n) is 3.52. The standard InChI is InChI=1S/C24H27NO4/c1-27-22-15-9-14-21(23(22)28-2)24(29-17-20(25)16-26,18-10-5-3-6-11-18)19-12-7-4-8-13-19/h3-15,20,26H,16-17,25H2,1-2H3. The molecule has 0 saturated carbocycles. The van der Waals surface area contributed by atoms with E-state index in [2.05, 4.69) is 0 Å². The number of rotatable bonds is 9. The van der Waals surface area contributed by atoms with Crippen molar-refractivity contribution in [3.05, 3.63) is 95.6 Å². The van der Waals surface area contributed by atoms with Crippen LogP contribution in [0.15, 0.2) is 78.9 Å². The number of ether oxygens (including phenoxy) is 3. The highest BCUT2D eigenvalue weighted by Gasteiger charge is 2.41. The molecule has 0 bridgehead atoms. The van der Waals surface area contributed by atoms with Gasteiger partial charge in [-0.3, -0.25) is 0 Å². The minimum absolute atomic E-state index is 0.153. The smallest absolute Gasteiger partial charge is 0.167 e. The Balaban J connectivity index is 2.33. The lowest BCUT2D eigenvalue weighted by Gasteiger charge is -2.37. The summed E-state index contributed by atoms with van der Waals surface area (Å²) in [5.41, 5.74) is 7.64. The molecule has 0 aliphatic rings. The van der Waals surface area contributed by atoms with Crippen molar-refractivity contribution < 1.29 is 19.3 Å². The number of aliphatic hydroxyl groups is 1. The molecular weight excluding hydrogens is 366 g/mol. The summed E-state index contributed by atoms with van der Waals surface area (Å²) >= 11 is 0. The summed E-state index contributed by atoms with van der Waals surface area (Å²) in [5.74, 6) is 1.19. The Kier molecular flexibility index (Phi) is 6.88. The molecule has 3 aromatic rings. The number of aliphatic hydroxyl groups excluding tert-OH is 1. The van der Waals surface area contributed by atoms with Crippen molar-refractivity contribution in [2.45, 2.75) is 11.6 Å². The lowest BCUT2D eigenvalue weighted by molar-refractivity contribution is -0.00345. The van der Waals surface area contributed by atoms with Crippen LogP contribution in [0.2, 0.25) is 0 Å². The van der Waals surface area contributed by atoms with E-state index >= 15 is 0 Å². The number of nitrogens with two attached hydrogens (primary N) is 1. The lowest BCUT2D eigenvalue weighted by atomic mass is 9.79. The first kappa shape index (κ1) is 20.9. The Hall–Kier alpha value is -2.86. The van der Waals surface area contributed by atoms with Gasteiger partial charge >= 0.3 is 0 Å². The molecule has 3 rings (SSSR count). The van der Waals surface area contributed by atoms with Crippen LogP contribution in [0.5, 0.6) is 11.5 Å². The van der Waals surface area contributed by atoms with E-state index in [-0.39, 0.29) is 13.2 Å². The quantitative estimate of drug-likeness (QED) is 0.546. The summed E-state index contributed by atoms with van der Waals surface area (Å²) in [4.78, 5) is 0. The predicted molar refractivity (Wildman–Crippen MR) is 113 cm³/mol. The Labute approximate surface area is 171 Å². The van der Waals surface area contributed by atoms with Gasteiger partial charge in [-0.15, -0.1) is 0 Å². The van der Waals surface area contributed by atoms with Gasteiger partial charge in [0.15, 0.2) is 11.5 Å². The second-order valence-corrected chi connectivity index (χ2v) is 6.71. The van der Waals surface area contributed by atoms with Gasteiger partial charge in [0, 0.05) is 5.56 Å². The third-order valence-electron chi connectivity index (χ3n) is 4.89. The van der Waals surface area contributed by atoms with Crippen LogP contribution >= 0.6 is 0 Å². The highest BCUT2D eigenvalue weighted by Crippen LogP contribution is 2.47. The van der Waals surface area contributed by atoms with Crippen molar-refractivity contribution in [2.24, 2.45) is 5.73 Å². The van der Waals surface area contributed by atoms with E-state index in [1.807, 2.05) is 78.9 Å². The Morgan fingerprint density at radius 3 is 1.90 bits per heavy atom. The highest BCUT2D eigenvalue weighted by molar-refractivity contribution is 5.57. The molecule has 3 N–H and O–H groups in total. The summed E-state index contributed by atoms with van der Waals surface area (Å²) in [6.07, 6.45) is 0. The highest BCUT2D eigenvalue weighted by atomic mass is 16.5. The van der Waals surface area contributed by atoms with E-state index in [1.54, 1.807) is 14.2 Å². The molecule has 0 aromatic heterocycles. The first-order chi connectivity index (χ1) is 14.2. The van der Waals surface area contributed by atoms with E-state index in [0.29, 0.717) is 11.5 Å². The number of hydrogen-bond donors (Lipinski definition) is 2. The summed E-state index contributed by atoms with van der Waals surface area (Å²) in [6.45, 7) is -0.0183. The predicted octanol–water partition coefficient (Wildman–Crippen LogP) is 3.33. The van der Waals surface area contributed by atoms with Gasteiger partial charge < -0.3 is 25.1 Å². The first-order valence-electron chi connectivity index (χ1n) is 9.50. The Morgan fingerprint density at radius 1 is 0.828 bits per heavy atom. The summed E-state index contributed by atoms with van der Waals surface area (Å²) in [7, 11) is 3.22. The van der Waals surface area contributed by atoms with Gasteiger partial charge in [-0.05, 0) is 17.2 Å². The molecule has 0 saturated heterocycles. The molecule has 3 aromatic carbocycles. The van der Waals surface area contributed by atoms with E-state index in [0.717, 1.165) is 16.7 Å². The van der Waals surface area contributed by atoms with Crippen molar-refractivity contribution in [1.29, 1.82) is 0 Å². The normalized spacial score (nSPS) is 12.4. The topological polar surface area (TPSA) is 73.9 Å². The van der Waals surface area contributed by atoms with Crippen LogP contribution in [0, 0.1) is 0 Å². The summed E-state index contributed by atoms with van der Waals surface area (Å²) in [6, 6.07) is 25.0. The second-order valence-electron chi connectivity index (χ2n) is 6.71. The van der Waals surface area contributed by atoms with E-state index in [9.17, 15) is 5.11 Å². The van der Waals surface area contributed by atoms with Gasteiger partial charge in [-0.25, -0.2) is 0 Å². The molecule has 5 heteroatoms. The Bertz CT molecular complexity index is 860. The molecule has 29 heavy (non-hydrogen) atoms. The molecule has 0 spiro atoms. The number of hydrogen-bond acceptors (Lipinski definition) is 5. The first-order valence-corrected chi connectivity index (χ1v) is 9.50. The fraction of sp³-hybridized carbons (Fsp3) is 0.250. The third kappa shape index (κ3) is 4.12. The SMILES string of the molecule is COc1cccc(C(OCC(N)CO)(c2ccccc2)c2ccccc2)c1OC. The molecule has 0 amide bonds. The molecule has 5 nitrogen and oxygen atoms in total. The zero-order valence-corrected chi connectivity index (χ0v) is 16.7. The number of benzene rings is 3. The third-order valence-corrected chi connectivity index (χ3v) is 4.89. The minimum Gasteiger partial charge on any atom is -0.493 e. The molecule has 0 fully saturated rings. The average Bonchev–Trinajstić information content (AvgIpc) is 2.80. The van der Waals surface area contributed by atoms with Gasteiger partial charge in [-0.2, -0.15) is 0 Å². The van der Waals surface area contributed by atoms with E-state index < -0.39 is 11.6 Å². The maximum atomic E-state index is 9.48. The molecule has 0 aliphatic heterocycles. The van der Waals surface area contributed by atoms with Gasteiger partial charge in [0.1, 0.15) is 5.60 Å². The van der Waals surface area contributed by atoms with Gasteiger partial charge in [0.25, 0.3) is 0 Å². The van der Waals surface area contributed by atoms with Crippen LogP contribution in [0.25, 0.3) is 0 Å². The molecule has 1 atom stereocenters. The van der Waals surface area contributed by atoms with Gasteiger partial charge in [0.2, 0.25) is 0 Å². The lowest BCUT2D eigenvalue weighted by Crippen LogP contribution is -2.39. The van der Waals surface area contributed by atoms with Crippen molar-refractivity contribution in [3.63, 3.8) is 0 Å². The maximum absolute atomic E-state index is 9.48. The van der Waals surface area contributed by atoms with E-state index in [1.165, 1.54) is 0 Å². The number of para-hydroxylation sites is 1. The largest absolute Gasteiger partial charge is 0.493 e. The van der Waals surface area contributed by atoms with Gasteiger partial charge in [-0.1, -0.05) is 72.8 Å². The second kappa shape index (κ2) is 9.56. The van der Waals surface area contributed by atoms with Crippen LogP contribution in [0.3, 0.4) is 0 Å². The van der Waals surface area contributed by atoms with Crippen LogP contribution < -0.4 is 15.2 Å². The van der Waals surface area contributed by atoms with Crippen LogP contribution in [-0.4, -0.2) is 38.6 Å². The van der Waals surface area contributed by atoms with Crippen LogP contribution in [-0.2, 0) is 10.3 Å². The zero-order chi connectivity index (χ0) is 20.7. The molecule has 1 unspecified atom stereocenters. The minimum atomic E-state index is -1.00. The van der Waals surface area contributed by atoms with E-state index in [4.69, 9.17) is 19.9 Å². The van der Waals surface area contributed by atoms with Crippen LogP contribution in [0.1, 0.15) is 16.7 Å². The molecular formula is C24H27NO4. The van der Waals surface area contributed by atoms with Gasteiger partial charge in [0.05, 0.1) is 33.5 Å². The van der Waals surface area contributed by atoms with Crippen molar-refractivity contribution in [3.8, 4) is 11.5 Å². The maximum Gasteiger partial charge on any atom is 0.167 e.